The standard InChI is InChI=1S/C22H15BrI2N6O2S/c23-15-1-3-17(4-2-15)31-21(13-5-7-26-8-6-13)29-30-22(31)34-12-19(32)28-27-11-14-9-16(24)10-18(25)20(14)33/h1-11,33H,12H2,(H,28,32)/b27-11+. The van der Waals surface area contributed by atoms with E-state index in [1.54, 1.807) is 18.5 Å². The van der Waals surface area contributed by atoms with Crippen molar-refractivity contribution < 1.29 is 9.90 Å². The molecule has 4 rings (SSSR count). The van der Waals surface area contributed by atoms with Crippen molar-refractivity contribution in [2.75, 3.05) is 5.75 Å². The monoisotopic (exact) mass is 760 g/mol. The highest BCUT2D eigenvalue weighted by molar-refractivity contribution is 14.1. The van der Waals surface area contributed by atoms with Crippen molar-refractivity contribution >= 4 is 85.0 Å². The zero-order chi connectivity index (χ0) is 24.1. The van der Waals surface area contributed by atoms with Crippen LogP contribution in [-0.4, -0.2) is 42.7 Å². The van der Waals surface area contributed by atoms with E-state index in [1.165, 1.54) is 18.0 Å². The molecule has 0 unspecified atom stereocenters. The Morgan fingerprint density at radius 2 is 1.88 bits per heavy atom. The molecule has 0 aliphatic heterocycles. The van der Waals surface area contributed by atoms with Crippen LogP contribution >= 0.6 is 72.9 Å². The highest BCUT2D eigenvalue weighted by Gasteiger charge is 2.17. The molecule has 0 spiro atoms. The van der Waals surface area contributed by atoms with Gasteiger partial charge in [-0.25, -0.2) is 5.43 Å². The third-order valence-corrected chi connectivity index (χ3v) is 7.34. The van der Waals surface area contributed by atoms with Crippen LogP contribution in [0.3, 0.4) is 0 Å². The predicted molar refractivity (Wildman–Crippen MR) is 152 cm³/mol. The molecule has 2 aromatic carbocycles. The van der Waals surface area contributed by atoms with Gasteiger partial charge in [-0.3, -0.25) is 14.3 Å². The number of pyridine rings is 1. The minimum atomic E-state index is -0.308. The molecule has 0 aliphatic rings. The number of rotatable bonds is 7. The summed E-state index contributed by atoms with van der Waals surface area (Å²) in [5, 5.41) is 23.4. The van der Waals surface area contributed by atoms with Gasteiger partial charge in [-0.2, -0.15) is 5.10 Å². The van der Waals surface area contributed by atoms with Crippen LogP contribution in [0, 0.1) is 7.14 Å². The number of carbonyl (C=O) groups is 1. The smallest absolute Gasteiger partial charge is 0.250 e. The van der Waals surface area contributed by atoms with Crippen LogP contribution in [0.15, 0.2) is 75.7 Å². The molecule has 2 heterocycles. The highest BCUT2D eigenvalue weighted by Crippen LogP contribution is 2.28. The van der Waals surface area contributed by atoms with E-state index >= 15 is 0 Å². The molecule has 2 aromatic heterocycles. The Balaban J connectivity index is 1.50. The molecule has 2 N–H and O–H groups in total. The second-order valence-electron chi connectivity index (χ2n) is 6.76. The normalized spacial score (nSPS) is 11.1. The molecule has 172 valence electrons. The Kier molecular flexibility index (Phi) is 8.55. The van der Waals surface area contributed by atoms with Gasteiger partial charge in [-0.05, 0) is 93.7 Å². The zero-order valence-corrected chi connectivity index (χ0v) is 23.9. The molecular formula is C22H15BrI2N6O2S. The van der Waals surface area contributed by atoms with Crippen LogP contribution < -0.4 is 5.43 Å². The summed E-state index contributed by atoms with van der Waals surface area (Å²) in [6, 6.07) is 15.1. The number of hydrogen-bond donors (Lipinski definition) is 2. The first kappa shape index (κ1) is 25.1. The fraction of sp³-hybridized carbons (Fsp3) is 0.0455. The summed E-state index contributed by atoms with van der Waals surface area (Å²) >= 11 is 8.91. The van der Waals surface area contributed by atoms with Crippen LogP contribution in [0.1, 0.15) is 5.56 Å². The first-order chi connectivity index (χ1) is 16.4. The summed E-state index contributed by atoms with van der Waals surface area (Å²) in [6.07, 6.45) is 4.82. The minimum Gasteiger partial charge on any atom is -0.506 e. The topological polar surface area (TPSA) is 105 Å². The van der Waals surface area contributed by atoms with Gasteiger partial charge in [0.1, 0.15) is 5.75 Å². The van der Waals surface area contributed by atoms with Crippen LogP contribution in [0.4, 0.5) is 0 Å². The lowest BCUT2D eigenvalue weighted by Crippen LogP contribution is -2.20. The highest BCUT2D eigenvalue weighted by atomic mass is 127. The summed E-state index contributed by atoms with van der Waals surface area (Å²) in [7, 11) is 0. The van der Waals surface area contributed by atoms with E-state index in [0.29, 0.717) is 20.1 Å². The maximum Gasteiger partial charge on any atom is 0.250 e. The lowest BCUT2D eigenvalue weighted by atomic mass is 10.2. The van der Waals surface area contributed by atoms with E-state index in [9.17, 15) is 9.90 Å². The summed E-state index contributed by atoms with van der Waals surface area (Å²) < 4.78 is 4.52. The summed E-state index contributed by atoms with van der Waals surface area (Å²) in [5.41, 5.74) is 4.75. The van der Waals surface area contributed by atoms with E-state index in [1.807, 2.05) is 69.6 Å². The Hall–Kier alpha value is -2.04. The fourth-order valence-corrected chi connectivity index (χ4v) is 5.79. The van der Waals surface area contributed by atoms with Gasteiger partial charge in [0.2, 0.25) is 0 Å². The minimum absolute atomic E-state index is 0.0815. The number of benzene rings is 2. The second kappa shape index (κ2) is 11.6. The van der Waals surface area contributed by atoms with Gasteiger partial charge in [0.15, 0.2) is 11.0 Å². The van der Waals surface area contributed by atoms with Gasteiger partial charge < -0.3 is 5.11 Å². The molecule has 1 amide bonds. The molecule has 0 saturated heterocycles. The number of aromatic hydroxyl groups is 1. The van der Waals surface area contributed by atoms with Crippen LogP contribution in [-0.2, 0) is 4.79 Å². The Labute approximate surface area is 235 Å². The number of phenolic OH excluding ortho intramolecular Hbond substituents is 1. The summed E-state index contributed by atoms with van der Waals surface area (Å²) in [4.78, 5) is 16.5. The molecule has 0 aliphatic carbocycles. The van der Waals surface area contributed by atoms with Crippen molar-refractivity contribution in [3.63, 3.8) is 0 Å². The average Bonchev–Trinajstić information content (AvgIpc) is 3.26. The summed E-state index contributed by atoms with van der Waals surface area (Å²) in [6.45, 7) is 0. The van der Waals surface area contributed by atoms with Crippen molar-refractivity contribution in [2.24, 2.45) is 5.10 Å². The van der Waals surface area contributed by atoms with Crippen molar-refractivity contribution in [3.8, 4) is 22.8 Å². The van der Waals surface area contributed by atoms with Crippen LogP contribution in [0.2, 0.25) is 0 Å². The van der Waals surface area contributed by atoms with Gasteiger partial charge in [0.25, 0.3) is 5.91 Å². The van der Waals surface area contributed by atoms with Gasteiger partial charge in [0.05, 0.1) is 15.5 Å². The Morgan fingerprint density at radius 3 is 2.62 bits per heavy atom. The van der Waals surface area contributed by atoms with Crippen LogP contribution in [0.25, 0.3) is 17.1 Å². The molecular weight excluding hydrogens is 746 g/mol. The lowest BCUT2D eigenvalue weighted by Gasteiger charge is -2.10. The van der Waals surface area contributed by atoms with Crippen molar-refractivity contribution in [1.29, 1.82) is 0 Å². The Morgan fingerprint density at radius 1 is 1.15 bits per heavy atom. The molecule has 0 radical (unpaired) electrons. The van der Waals surface area contributed by atoms with E-state index in [-0.39, 0.29) is 17.4 Å². The third-order valence-electron chi connectivity index (χ3n) is 4.44. The quantitative estimate of drug-likeness (QED) is 0.116. The van der Waals surface area contributed by atoms with Crippen molar-refractivity contribution in [3.05, 3.63) is 78.1 Å². The maximum atomic E-state index is 12.4. The second-order valence-corrected chi connectivity index (χ2v) is 11.0. The van der Waals surface area contributed by atoms with E-state index in [4.69, 9.17) is 0 Å². The summed E-state index contributed by atoms with van der Waals surface area (Å²) in [5.74, 6) is 0.545. The number of thioether (sulfide) groups is 1. The van der Waals surface area contributed by atoms with Crippen LogP contribution in [0.5, 0.6) is 5.75 Å². The molecule has 8 nitrogen and oxygen atoms in total. The number of aromatic nitrogens is 4. The van der Waals surface area contributed by atoms with Crippen molar-refractivity contribution in [2.45, 2.75) is 5.16 Å². The largest absolute Gasteiger partial charge is 0.506 e. The number of nitrogens with zero attached hydrogens (tertiary/aromatic N) is 5. The van der Waals surface area contributed by atoms with E-state index < -0.39 is 0 Å². The first-order valence-corrected chi connectivity index (χ1v) is 13.6. The number of halogens is 3. The van der Waals surface area contributed by atoms with Gasteiger partial charge in [-0.1, -0.05) is 27.7 Å². The lowest BCUT2D eigenvalue weighted by molar-refractivity contribution is -0.118. The third kappa shape index (κ3) is 6.14. The van der Waals surface area contributed by atoms with Gasteiger partial charge >= 0.3 is 0 Å². The average molecular weight is 761 g/mol. The number of nitrogens with one attached hydrogen (secondary N) is 1. The molecule has 0 bridgehead atoms. The predicted octanol–water partition coefficient (Wildman–Crippen LogP) is 5.25. The number of carbonyl (C=O) groups excluding carboxylic acids is 1. The van der Waals surface area contributed by atoms with Gasteiger partial charge in [-0.15, -0.1) is 10.2 Å². The van der Waals surface area contributed by atoms with Gasteiger partial charge in [0, 0.05) is 37.3 Å². The Bertz CT molecular complexity index is 1350. The molecule has 0 fully saturated rings. The molecule has 12 heteroatoms. The van der Waals surface area contributed by atoms with E-state index in [2.05, 4.69) is 64.2 Å². The molecule has 0 saturated carbocycles. The number of hydrogen-bond acceptors (Lipinski definition) is 7. The number of phenols is 1. The molecule has 4 aromatic rings. The number of hydrazone groups is 1. The van der Waals surface area contributed by atoms with E-state index in [0.717, 1.165) is 19.3 Å². The molecule has 34 heavy (non-hydrogen) atoms. The number of amides is 1. The molecule has 0 atom stereocenters. The van der Waals surface area contributed by atoms with Crippen molar-refractivity contribution in [1.82, 2.24) is 25.2 Å². The first-order valence-electron chi connectivity index (χ1n) is 9.67. The fourth-order valence-electron chi connectivity index (χ4n) is 2.89. The maximum absolute atomic E-state index is 12.4. The SMILES string of the molecule is O=C(CSc1nnc(-c2ccncc2)n1-c1ccc(Br)cc1)N/N=C/c1cc(I)cc(I)c1O. The zero-order valence-electron chi connectivity index (χ0n) is 17.2.